The van der Waals surface area contributed by atoms with Gasteiger partial charge in [-0.1, -0.05) is 13.3 Å². The lowest BCUT2D eigenvalue weighted by molar-refractivity contribution is 0.0634. The number of hydrogen-bond acceptors (Lipinski definition) is 6. The van der Waals surface area contributed by atoms with Gasteiger partial charge in [-0.15, -0.1) is 0 Å². The third-order valence-electron chi connectivity index (χ3n) is 3.09. The van der Waals surface area contributed by atoms with Crippen LogP contribution in [0.5, 0.6) is 5.88 Å². The van der Waals surface area contributed by atoms with Crippen LogP contribution in [0.1, 0.15) is 46.1 Å². The van der Waals surface area contributed by atoms with Gasteiger partial charge in [-0.05, 0) is 27.2 Å². The van der Waals surface area contributed by atoms with E-state index in [2.05, 4.69) is 22.3 Å². The van der Waals surface area contributed by atoms with Crippen molar-refractivity contribution in [3.8, 4) is 5.88 Å². The van der Waals surface area contributed by atoms with Crippen LogP contribution in [-0.4, -0.2) is 38.0 Å². The zero-order valence-electron chi connectivity index (χ0n) is 14.5. The van der Waals surface area contributed by atoms with Crippen LogP contribution in [0.2, 0.25) is 0 Å². The molecule has 0 unspecified atom stereocenters. The molecule has 24 heavy (non-hydrogen) atoms. The molecule has 2 N–H and O–H groups in total. The molecular formula is C16H24N4O4. The van der Waals surface area contributed by atoms with Crippen molar-refractivity contribution in [3.05, 3.63) is 17.8 Å². The van der Waals surface area contributed by atoms with Crippen molar-refractivity contribution in [3.63, 3.8) is 0 Å². The molecular weight excluding hydrogens is 312 g/mol. The summed E-state index contributed by atoms with van der Waals surface area (Å²) in [6.45, 7) is 7.74. The summed E-state index contributed by atoms with van der Waals surface area (Å²) in [6, 6.07) is 1.69. The van der Waals surface area contributed by atoms with Crippen molar-refractivity contribution in [1.82, 2.24) is 14.6 Å². The minimum absolute atomic E-state index is 0.173. The van der Waals surface area contributed by atoms with Crippen LogP contribution in [-0.2, 0) is 11.3 Å². The Morgan fingerprint density at radius 2 is 2.17 bits per heavy atom. The number of hydrogen-bond donors (Lipinski definition) is 2. The van der Waals surface area contributed by atoms with Gasteiger partial charge in [0.25, 0.3) is 0 Å². The second-order valence-electron chi connectivity index (χ2n) is 6.37. The van der Waals surface area contributed by atoms with E-state index in [1.54, 1.807) is 26.8 Å². The van der Waals surface area contributed by atoms with E-state index >= 15 is 0 Å². The lowest BCUT2D eigenvalue weighted by Crippen LogP contribution is -2.28. The van der Waals surface area contributed by atoms with Crippen molar-refractivity contribution < 1.29 is 19.4 Å². The van der Waals surface area contributed by atoms with Gasteiger partial charge in [0.15, 0.2) is 0 Å². The van der Waals surface area contributed by atoms with Crippen LogP contribution >= 0.6 is 0 Å². The maximum atomic E-state index is 12.0. The first-order valence-electron chi connectivity index (χ1n) is 7.95. The predicted octanol–water partition coefficient (Wildman–Crippen LogP) is 2.75. The highest BCUT2D eigenvalue weighted by Crippen LogP contribution is 2.21. The molecule has 1 amide bonds. The number of unbranched alkanes of at least 4 members (excludes halogenated alkanes) is 1. The molecule has 0 spiro atoms. The van der Waals surface area contributed by atoms with Gasteiger partial charge in [0.05, 0.1) is 24.9 Å². The second-order valence-corrected chi connectivity index (χ2v) is 6.37. The van der Waals surface area contributed by atoms with Gasteiger partial charge in [-0.25, -0.2) is 4.79 Å². The van der Waals surface area contributed by atoms with Gasteiger partial charge in [0.1, 0.15) is 5.60 Å². The summed E-state index contributed by atoms with van der Waals surface area (Å²) in [5, 5.41) is 16.1. The third kappa shape index (κ3) is 4.58. The number of nitrogens with one attached hydrogen (secondary N) is 1. The van der Waals surface area contributed by atoms with E-state index in [0.717, 1.165) is 12.8 Å². The first-order valence-corrected chi connectivity index (χ1v) is 7.95. The van der Waals surface area contributed by atoms with Gasteiger partial charge in [0, 0.05) is 11.6 Å². The molecule has 0 saturated heterocycles. The van der Waals surface area contributed by atoms with Crippen LogP contribution < -0.4 is 10.1 Å². The molecule has 132 valence electrons. The Morgan fingerprint density at radius 1 is 1.42 bits per heavy atom. The zero-order valence-corrected chi connectivity index (χ0v) is 14.5. The fourth-order valence-corrected chi connectivity index (χ4v) is 2.01. The van der Waals surface area contributed by atoms with E-state index in [1.807, 2.05) is 0 Å². The Kier molecular flexibility index (Phi) is 5.61. The van der Waals surface area contributed by atoms with Gasteiger partial charge < -0.3 is 14.6 Å². The first kappa shape index (κ1) is 18.0. The summed E-state index contributed by atoms with van der Waals surface area (Å²) in [5.41, 5.74) is 0.605. The molecule has 0 aliphatic carbocycles. The highest BCUT2D eigenvalue weighted by Gasteiger charge is 2.19. The number of aliphatic hydroxyl groups excluding tert-OH is 1. The van der Waals surface area contributed by atoms with Gasteiger partial charge in [-0.3, -0.25) is 5.32 Å². The largest absolute Gasteiger partial charge is 0.478 e. The topological polar surface area (TPSA) is 98.0 Å². The molecule has 0 saturated carbocycles. The SMILES string of the molecule is CCCCOc1cc2c(CO)cnn2c(NC(=O)OC(C)(C)C)n1. The number of anilines is 1. The molecule has 0 fully saturated rings. The minimum Gasteiger partial charge on any atom is -0.478 e. The molecule has 2 aromatic heterocycles. The number of aliphatic hydroxyl groups is 1. The molecule has 8 nitrogen and oxygen atoms in total. The first-order chi connectivity index (χ1) is 11.3. The average molecular weight is 336 g/mol. The van der Waals surface area contributed by atoms with E-state index in [0.29, 0.717) is 23.6 Å². The van der Waals surface area contributed by atoms with E-state index in [9.17, 15) is 9.90 Å². The molecule has 2 aromatic rings. The lowest BCUT2D eigenvalue weighted by atomic mass is 10.2. The Labute approximate surface area is 140 Å². The Morgan fingerprint density at radius 3 is 2.79 bits per heavy atom. The van der Waals surface area contributed by atoms with Crippen LogP contribution in [0, 0.1) is 0 Å². The number of fused-ring (bicyclic) bond motifs is 1. The van der Waals surface area contributed by atoms with Crippen molar-refractivity contribution in [2.45, 2.75) is 52.7 Å². The second kappa shape index (κ2) is 7.48. The molecule has 0 aliphatic rings. The standard InChI is InChI=1S/C16H24N4O4/c1-5-6-7-23-13-8-12-11(10-21)9-17-20(12)14(18-13)19-15(22)24-16(2,3)4/h8-9,21H,5-7,10H2,1-4H3,(H,18,19,22). The van der Waals surface area contributed by atoms with Gasteiger partial charge >= 0.3 is 6.09 Å². The molecule has 0 aromatic carbocycles. The van der Waals surface area contributed by atoms with Gasteiger partial charge in [-0.2, -0.15) is 14.6 Å². The summed E-state index contributed by atoms with van der Waals surface area (Å²) in [6.07, 6.45) is 2.78. The van der Waals surface area contributed by atoms with Crippen LogP contribution in [0.15, 0.2) is 12.3 Å². The Hall–Kier alpha value is -2.35. The van der Waals surface area contributed by atoms with Crippen molar-refractivity contribution >= 4 is 17.6 Å². The molecule has 0 bridgehead atoms. The molecule has 0 aliphatic heterocycles. The van der Waals surface area contributed by atoms with Crippen LogP contribution in [0.25, 0.3) is 5.52 Å². The molecule has 2 rings (SSSR count). The summed E-state index contributed by atoms with van der Waals surface area (Å²) >= 11 is 0. The smallest absolute Gasteiger partial charge is 0.414 e. The van der Waals surface area contributed by atoms with E-state index in [-0.39, 0.29) is 12.6 Å². The van der Waals surface area contributed by atoms with Crippen LogP contribution in [0.4, 0.5) is 10.7 Å². The number of carbonyl (C=O) groups is 1. The number of nitrogens with zero attached hydrogens (tertiary/aromatic N) is 3. The summed E-state index contributed by atoms with van der Waals surface area (Å²) in [7, 11) is 0. The highest BCUT2D eigenvalue weighted by atomic mass is 16.6. The fraction of sp³-hybridized carbons (Fsp3) is 0.562. The Balaban J connectivity index is 2.32. The highest BCUT2D eigenvalue weighted by molar-refractivity contribution is 5.83. The van der Waals surface area contributed by atoms with E-state index < -0.39 is 11.7 Å². The lowest BCUT2D eigenvalue weighted by Gasteiger charge is -2.19. The monoisotopic (exact) mass is 336 g/mol. The minimum atomic E-state index is -0.636. The Bertz CT molecular complexity index is 706. The average Bonchev–Trinajstić information content (AvgIpc) is 2.88. The van der Waals surface area contributed by atoms with Crippen molar-refractivity contribution in [2.24, 2.45) is 0 Å². The summed E-state index contributed by atoms with van der Waals surface area (Å²) < 4.78 is 12.3. The van der Waals surface area contributed by atoms with Crippen LogP contribution in [0.3, 0.4) is 0 Å². The molecule has 0 atom stereocenters. The summed E-state index contributed by atoms with van der Waals surface area (Å²) in [4.78, 5) is 16.3. The van der Waals surface area contributed by atoms with Crippen molar-refractivity contribution in [1.29, 1.82) is 0 Å². The number of ether oxygens (including phenoxy) is 2. The van der Waals surface area contributed by atoms with Crippen molar-refractivity contribution in [2.75, 3.05) is 11.9 Å². The maximum Gasteiger partial charge on any atom is 0.414 e. The molecule has 2 heterocycles. The maximum absolute atomic E-state index is 12.0. The van der Waals surface area contributed by atoms with Gasteiger partial charge in [0.2, 0.25) is 11.8 Å². The quantitative estimate of drug-likeness (QED) is 0.787. The number of carbonyl (C=O) groups excluding carboxylic acids is 1. The third-order valence-corrected chi connectivity index (χ3v) is 3.09. The summed E-state index contributed by atoms with van der Waals surface area (Å²) in [5.74, 6) is 0.533. The number of aromatic nitrogens is 3. The normalized spacial score (nSPS) is 11.5. The molecule has 0 radical (unpaired) electrons. The number of amides is 1. The molecule has 8 heteroatoms. The zero-order chi connectivity index (χ0) is 17.7. The van der Waals surface area contributed by atoms with E-state index in [1.165, 1.54) is 10.7 Å². The fourth-order valence-electron chi connectivity index (χ4n) is 2.01. The van der Waals surface area contributed by atoms with E-state index in [4.69, 9.17) is 9.47 Å². The predicted molar refractivity (Wildman–Crippen MR) is 89.2 cm³/mol. The number of rotatable bonds is 6.